The largest absolute Gasteiger partial charge is 0.465 e. The molecule has 0 aliphatic heterocycles. The van der Waals surface area contributed by atoms with Gasteiger partial charge in [0.25, 0.3) is 0 Å². The van der Waals surface area contributed by atoms with E-state index in [9.17, 15) is 9.59 Å². The molecule has 0 saturated heterocycles. The van der Waals surface area contributed by atoms with Gasteiger partial charge in [0.15, 0.2) is 5.41 Å². The first kappa shape index (κ1) is 16.7. The second-order valence-electron chi connectivity index (χ2n) is 4.36. The molecular formula is C15H22O4S. The maximum Gasteiger partial charge on any atom is 0.328 e. The molecule has 1 heterocycles. The summed E-state index contributed by atoms with van der Waals surface area (Å²) >= 11 is 1.55. The van der Waals surface area contributed by atoms with Gasteiger partial charge in [-0.1, -0.05) is 13.8 Å². The summed E-state index contributed by atoms with van der Waals surface area (Å²) in [6.45, 7) is 7.79. The van der Waals surface area contributed by atoms with Crippen LogP contribution in [0.4, 0.5) is 0 Å². The van der Waals surface area contributed by atoms with Gasteiger partial charge in [-0.15, -0.1) is 11.3 Å². The fraction of sp³-hybridized carbons (Fsp3) is 0.600. The third-order valence-corrected chi connectivity index (χ3v) is 4.35. The van der Waals surface area contributed by atoms with Gasteiger partial charge in [0.2, 0.25) is 0 Å². The molecule has 20 heavy (non-hydrogen) atoms. The molecule has 0 fully saturated rings. The number of hydrogen-bond acceptors (Lipinski definition) is 5. The van der Waals surface area contributed by atoms with Crippen LogP contribution < -0.4 is 0 Å². The van der Waals surface area contributed by atoms with Gasteiger partial charge in [-0.2, -0.15) is 0 Å². The quantitative estimate of drug-likeness (QED) is 0.573. The summed E-state index contributed by atoms with van der Waals surface area (Å²) < 4.78 is 10.3. The van der Waals surface area contributed by atoms with Crippen LogP contribution in [0.3, 0.4) is 0 Å². The molecule has 0 unspecified atom stereocenters. The number of hydrogen-bond donors (Lipinski definition) is 0. The molecule has 0 spiro atoms. The van der Waals surface area contributed by atoms with Crippen molar-refractivity contribution in [1.82, 2.24) is 0 Å². The van der Waals surface area contributed by atoms with E-state index in [1.54, 1.807) is 32.1 Å². The Morgan fingerprint density at radius 3 is 2.00 bits per heavy atom. The molecule has 0 saturated carbocycles. The molecule has 0 atom stereocenters. The summed E-state index contributed by atoms with van der Waals surface area (Å²) in [7, 11) is 0. The monoisotopic (exact) mass is 298 g/mol. The zero-order valence-corrected chi connectivity index (χ0v) is 13.3. The van der Waals surface area contributed by atoms with Crippen molar-refractivity contribution < 1.29 is 19.1 Å². The van der Waals surface area contributed by atoms with E-state index in [0.29, 0.717) is 12.0 Å². The van der Waals surface area contributed by atoms with Crippen LogP contribution in [0.5, 0.6) is 0 Å². The predicted octanol–water partition coefficient (Wildman–Crippen LogP) is 3.08. The lowest BCUT2D eigenvalue weighted by Crippen LogP contribution is -2.45. The van der Waals surface area contributed by atoms with Gasteiger partial charge >= 0.3 is 11.9 Å². The van der Waals surface area contributed by atoms with Gasteiger partial charge in [-0.3, -0.25) is 9.59 Å². The molecular weight excluding hydrogens is 276 g/mol. The second kappa shape index (κ2) is 7.43. The fourth-order valence-corrected chi connectivity index (χ4v) is 3.02. The van der Waals surface area contributed by atoms with Crippen molar-refractivity contribution in [2.45, 2.75) is 46.0 Å². The Balaban J connectivity index is 3.29. The SMILES string of the molecule is CCOC(=O)C(CC)(C(=O)OCC)c1csc(CC)c1. The Labute approximate surface area is 124 Å². The minimum absolute atomic E-state index is 0.241. The number of thiophene rings is 1. The van der Waals surface area contributed by atoms with Gasteiger partial charge < -0.3 is 9.47 Å². The minimum Gasteiger partial charge on any atom is -0.465 e. The van der Waals surface area contributed by atoms with Crippen LogP contribution in [-0.2, 0) is 30.9 Å². The van der Waals surface area contributed by atoms with Gasteiger partial charge in [0.05, 0.1) is 13.2 Å². The van der Waals surface area contributed by atoms with Crippen molar-refractivity contribution >= 4 is 23.3 Å². The van der Waals surface area contributed by atoms with Crippen molar-refractivity contribution in [2.75, 3.05) is 13.2 Å². The topological polar surface area (TPSA) is 52.6 Å². The highest BCUT2D eigenvalue weighted by atomic mass is 32.1. The summed E-state index contributed by atoms with van der Waals surface area (Å²) in [5.41, 5.74) is -0.658. The lowest BCUT2D eigenvalue weighted by molar-refractivity contribution is -0.165. The maximum atomic E-state index is 12.4. The van der Waals surface area contributed by atoms with Gasteiger partial charge in [-0.25, -0.2) is 0 Å². The summed E-state index contributed by atoms with van der Waals surface area (Å²) in [6.07, 6.45) is 1.20. The highest BCUT2D eigenvalue weighted by molar-refractivity contribution is 7.10. The number of aryl methyl sites for hydroxylation is 1. The Morgan fingerprint density at radius 1 is 1.10 bits per heavy atom. The fourth-order valence-electron chi connectivity index (χ4n) is 2.11. The van der Waals surface area contributed by atoms with Crippen LogP contribution in [0.15, 0.2) is 11.4 Å². The molecule has 0 N–H and O–H groups in total. The Kier molecular flexibility index (Phi) is 6.20. The van der Waals surface area contributed by atoms with E-state index in [-0.39, 0.29) is 13.2 Å². The van der Waals surface area contributed by atoms with Gasteiger partial charge in [0, 0.05) is 4.88 Å². The first-order valence-corrected chi connectivity index (χ1v) is 7.86. The highest BCUT2D eigenvalue weighted by Gasteiger charge is 2.49. The molecule has 0 amide bonds. The first-order chi connectivity index (χ1) is 9.56. The molecule has 1 aromatic heterocycles. The number of esters is 2. The molecule has 0 radical (unpaired) electrons. The standard InChI is InChI=1S/C15H22O4S/c1-5-12-9-11(10-20-12)15(6-2,13(16)18-7-3)14(17)19-8-4/h9-10H,5-8H2,1-4H3. The molecule has 1 rings (SSSR count). The van der Waals surface area contributed by atoms with Crippen molar-refractivity contribution in [1.29, 1.82) is 0 Å². The Bertz CT molecular complexity index is 446. The summed E-state index contributed by atoms with van der Waals surface area (Å²) in [4.78, 5) is 25.9. The molecule has 1 aromatic rings. The van der Waals surface area contributed by atoms with Gasteiger partial charge in [0.1, 0.15) is 0 Å². The zero-order valence-electron chi connectivity index (χ0n) is 12.5. The lowest BCUT2D eigenvalue weighted by atomic mass is 9.79. The summed E-state index contributed by atoms with van der Waals surface area (Å²) in [5.74, 6) is -1.05. The van der Waals surface area contributed by atoms with E-state index < -0.39 is 17.4 Å². The Hall–Kier alpha value is -1.36. The second-order valence-corrected chi connectivity index (χ2v) is 5.35. The Morgan fingerprint density at radius 2 is 1.65 bits per heavy atom. The van der Waals surface area contributed by atoms with E-state index in [4.69, 9.17) is 9.47 Å². The minimum atomic E-state index is -1.34. The van der Waals surface area contributed by atoms with Crippen LogP contribution in [0.2, 0.25) is 0 Å². The van der Waals surface area contributed by atoms with E-state index in [1.165, 1.54) is 0 Å². The average Bonchev–Trinajstić information content (AvgIpc) is 2.90. The van der Waals surface area contributed by atoms with E-state index >= 15 is 0 Å². The van der Waals surface area contributed by atoms with Crippen LogP contribution in [0.1, 0.15) is 44.6 Å². The molecule has 0 aliphatic rings. The predicted molar refractivity (Wildman–Crippen MR) is 78.9 cm³/mol. The van der Waals surface area contributed by atoms with Crippen molar-refractivity contribution in [3.05, 3.63) is 21.9 Å². The van der Waals surface area contributed by atoms with E-state index in [0.717, 1.165) is 11.3 Å². The first-order valence-electron chi connectivity index (χ1n) is 6.99. The van der Waals surface area contributed by atoms with Gasteiger partial charge in [-0.05, 0) is 43.7 Å². The molecule has 4 nitrogen and oxygen atoms in total. The number of carbonyl (C=O) groups excluding carboxylic acids is 2. The normalized spacial score (nSPS) is 11.2. The summed E-state index contributed by atoms with van der Waals surface area (Å²) in [5, 5.41) is 1.86. The third-order valence-electron chi connectivity index (χ3n) is 3.27. The smallest absolute Gasteiger partial charge is 0.328 e. The van der Waals surface area contributed by atoms with Crippen molar-refractivity contribution in [2.24, 2.45) is 0 Å². The van der Waals surface area contributed by atoms with Crippen LogP contribution >= 0.6 is 11.3 Å². The highest BCUT2D eigenvalue weighted by Crippen LogP contribution is 2.34. The molecule has 5 heteroatoms. The van der Waals surface area contributed by atoms with Crippen molar-refractivity contribution in [3.8, 4) is 0 Å². The maximum absolute atomic E-state index is 12.4. The lowest BCUT2D eigenvalue weighted by Gasteiger charge is -2.27. The molecule has 0 aliphatic carbocycles. The van der Waals surface area contributed by atoms with Crippen molar-refractivity contribution in [3.63, 3.8) is 0 Å². The summed E-state index contributed by atoms with van der Waals surface area (Å²) in [6, 6.07) is 1.90. The van der Waals surface area contributed by atoms with Crippen LogP contribution in [0.25, 0.3) is 0 Å². The van der Waals surface area contributed by atoms with Crippen LogP contribution in [-0.4, -0.2) is 25.2 Å². The zero-order chi connectivity index (χ0) is 15.2. The number of ether oxygens (including phenoxy) is 2. The molecule has 0 aromatic carbocycles. The third kappa shape index (κ3) is 3.03. The number of rotatable bonds is 7. The van der Waals surface area contributed by atoms with E-state index in [1.807, 2.05) is 18.4 Å². The molecule has 112 valence electrons. The molecule has 0 bridgehead atoms. The number of carbonyl (C=O) groups is 2. The van der Waals surface area contributed by atoms with E-state index in [2.05, 4.69) is 0 Å². The van der Waals surface area contributed by atoms with Crippen LogP contribution in [0, 0.1) is 0 Å². The average molecular weight is 298 g/mol.